The van der Waals surface area contributed by atoms with Gasteiger partial charge in [-0.25, -0.2) is 13.2 Å². The first-order chi connectivity index (χ1) is 11.4. The van der Waals surface area contributed by atoms with E-state index < -0.39 is 17.5 Å². The van der Waals surface area contributed by atoms with E-state index in [-0.39, 0.29) is 11.1 Å². The van der Waals surface area contributed by atoms with E-state index in [4.69, 9.17) is 0 Å². The fraction of sp³-hybridized carbons (Fsp3) is 0.143. The third-order valence-corrected chi connectivity index (χ3v) is 3.61. The molecule has 0 saturated carbocycles. The van der Waals surface area contributed by atoms with E-state index in [1.165, 1.54) is 12.1 Å². The van der Waals surface area contributed by atoms with Crippen LogP contribution in [0, 0.1) is 12.7 Å². The molecule has 24 heavy (non-hydrogen) atoms. The van der Waals surface area contributed by atoms with Crippen molar-refractivity contribution in [2.45, 2.75) is 20.3 Å². The Balaban J connectivity index is 2.30. The van der Waals surface area contributed by atoms with Crippen molar-refractivity contribution in [3.63, 3.8) is 0 Å². The Morgan fingerprint density at radius 1 is 1.00 bits per heavy atom. The summed E-state index contributed by atoms with van der Waals surface area (Å²) >= 11 is 0. The molecule has 0 unspecified atom stereocenters. The topological polar surface area (TPSA) is 0 Å². The highest BCUT2D eigenvalue weighted by atomic mass is 19.2. The fourth-order valence-electron chi connectivity index (χ4n) is 2.28. The maximum absolute atomic E-state index is 14.3. The lowest BCUT2D eigenvalue weighted by Gasteiger charge is -2.07. The van der Waals surface area contributed by atoms with Crippen molar-refractivity contribution in [2.24, 2.45) is 0 Å². The minimum Gasteiger partial charge on any atom is -0.206 e. The van der Waals surface area contributed by atoms with Gasteiger partial charge >= 0.3 is 0 Å². The minimum absolute atomic E-state index is 0.0834. The number of benzene rings is 2. The Morgan fingerprint density at radius 2 is 1.62 bits per heavy atom. The molecule has 2 rings (SSSR count). The molecule has 0 heterocycles. The number of aryl methyl sites for hydroxylation is 1. The van der Waals surface area contributed by atoms with Gasteiger partial charge in [0.1, 0.15) is 5.82 Å². The summed E-state index contributed by atoms with van der Waals surface area (Å²) < 4.78 is 41.4. The number of halogens is 3. The summed E-state index contributed by atoms with van der Waals surface area (Å²) in [5.41, 5.74) is 2.94. The van der Waals surface area contributed by atoms with Crippen LogP contribution in [0.15, 0.2) is 72.8 Å². The van der Waals surface area contributed by atoms with Gasteiger partial charge < -0.3 is 0 Å². The highest BCUT2D eigenvalue weighted by Crippen LogP contribution is 2.27. The number of allylic oxidation sites excluding steroid dienone is 5. The lowest BCUT2D eigenvalue weighted by Crippen LogP contribution is -1.90. The summed E-state index contributed by atoms with van der Waals surface area (Å²) in [4.78, 5) is 0. The number of hydrogen-bond donors (Lipinski definition) is 0. The van der Waals surface area contributed by atoms with Crippen molar-refractivity contribution in [2.75, 3.05) is 0 Å². The number of hydrogen-bond acceptors (Lipinski definition) is 0. The molecular formula is C21H19F3. The summed E-state index contributed by atoms with van der Waals surface area (Å²) in [6.07, 6.45) is 2.40. The molecule has 0 atom stereocenters. The Labute approximate surface area is 140 Å². The maximum Gasteiger partial charge on any atom is 0.159 e. The predicted molar refractivity (Wildman–Crippen MR) is 94.3 cm³/mol. The summed E-state index contributed by atoms with van der Waals surface area (Å²) in [6, 6.07) is 12.3. The van der Waals surface area contributed by atoms with Gasteiger partial charge in [0.2, 0.25) is 0 Å². The van der Waals surface area contributed by atoms with E-state index in [9.17, 15) is 13.2 Å². The lowest BCUT2D eigenvalue weighted by atomic mass is 9.99. The van der Waals surface area contributed by atoms with Crippen LogP contribution in [-0.2, 0) is 0 Å². The van der Waals surface area contributed by atoms with Gasteiger partial charge in [0.15, 0.2) is 11.7 Å². The van der Waals surface area contributed by atoms with Crippen molar-refractivity contribution in [3.8, 4) is 11.1 Å². The third-order valence-electron chi connectivity index (χ3n) is 3.61. The number of rotatable bonds is 5. The first-order valence-corrected chi connectivity index (χ1v) is 7.71. The van der Waals surface area contributed by atoms with Crippen molar-refractivity contribution in [1.29, 1.82) is 0 Å². The molecule has 2 aromatic carbocycles. The Morgan fingerprint density at radius 3 is 2.21 bits per heavy atom. The Hall–Kier alpha value is -2.55. The van der Waals surface area contributed by atoms with Crippen LogP contribution in [-0.4, -0.2) is 0 Å². The van der Waals surface area contributed by atoms with Gasteiger partial charge in [0, 0.05) is 5.56 Å². The molecule has 0 radical (unpaired) electrons. The second kappa shape index (κ2) is 7.82. The zero-order chi connectivity index (χ0) is 17.7. The van der Waals surface area contributed by atoms with Gasteiger partial charge in [-0.15, -0.1) is 0 Å². The van der Waals surface area contributed by atoms with Crippen LogP contribution in [0.1, 0.15) is 24.5 Å². The average molecular weight is 328 g/mol. The quantitative estimate of drug-likeness (QED) is 0.522. The molecule has 0 aliphatic rings. The van der Waals surface area contributed by atoms with Crippen LogP contribution in [0.3, 0.4) is 0 Å². The van der Waals surface area contributed by atoms with Gasteiger partial charge in [-0.2, -0.15) is 0 Å². The average Bonchev–Trinajstić information content (AvgIpc) is 2.55. The third kappa shape index (κ3) is 4.25. The molecule has 0 saturated heterocycles. The highest BCUT2D eigenvalue weighted by molar-refractivity contribution is 5.76. The van der Waals surface area contributed by atoms with Crippen LogP contribution >= 0.6 is 0 Å². The van der Waals surface area contributed by atoms with Gasteiger partial charge in [0.05, 0.1) is 0 Å². The summed E-state index contributed by atoms with van der Waals surface area (Å²) in [5.74, 6) is -2.54. The highest BCUT2D eigenvalue weighted by Gasteiger charge is 2.10. The molecule has 3 heteroatoms. The molecule has 0 spiro atoms. The summed E-state index contributed by atoms with van der Waals surface area (Å²) in [7, 11) is 0. The van der Waals surface area contributed by atoms with E-state index in [1.54, 1.807) is 13.0 Å². The van der Waals surface area contributed by atoms with Gasteiger partial charge in [-0.3, -0.25) is 0 Å². The van der Waals surface area contributed by atoms with E-state index >= 15 is 0 Å². The van der Waals surface area contributed by atoms with Crippen LogP contribution < -0.4 is 0 Å². The van der Waals surface area contributed by atoms with Crippen molar-refractivity contribution in [3.05, 3.63) is 89.8 Å². The van der Waals surface area contributed by atoms with Gasteiger partial charge in [-0.1, -0.05) is 55.5 Å². The van der Waals surface area contributed by atoms with Crippen molar-refractivity contribution < 1.29 is 13.2 Å². The van der Waals surface area contributed by atoms with Crippen LogP contribution in [0.4, 0.5) is 13.2 Å². The van der Waals surface area contributed by atoms with Gasteiger partial charge in [0.25, 0.3) is 0 Å². The first kappa shape index (κ1) is 17.8. The molecule has 124 valence electrons. The molecule has 0 aliphatic heterocycles. The molecule has 0 fully saturated rings. The lowest BCUT2D eigenvalue weighted by molar-refractivity contribution is 0.542. The van der Waals surface area contributed by atoms with Gasteiger partial charge in [-0.05, 0) is 48.3 Å². The minimum atomic E-state index is -1.05. The molecule has 0 nitrogen and oxygen atoms in total. The largest absolute Gasteiger partial charge is 0.206 e. The Kier molecular flexibility index (Phi) is 5.80. The molecule has 0 amide bonds. The monoisotopic (exact) mass is 328 g/mol. The zero-order valence-corrected chi connectivity index (χ0v) is 13.7. The summed E-state index contributed by atoms with van der Waals surface area (Å²) in [6.45, 7) is 7.31. The fourth-order valence-corrected chi connectivity index (χ4v) is 2.28. The van der Waals surface area contributed by atoms with Crippen LogP contribution in [0.25, 0.3) is 16.7 Å². The second-order valence-electron chi connectivity index (χ2n) is 5.54. The van der Waals surface area contributed by atoms with E-state index in [1.807, 2.05) is 31.2 Å². The molecule has 0 aromatic heterocycles. The molecule has 2 aromatic rings. The maximum atomic E-state index is 14.3. The second-order valence-corrected chi connectivity index (χ2v) is 5.54. The zero-order valence-electron chi connectivity index (χ0n) is 13.7. The normalized spacial score (nSPS) is 12.4. The Bertz CT molecular complexity index is 796. The summed E-state index contributed by atoms with van der Waals surface area (Å²) in [5, 5.41) is 0. The SMILES string of the molecule is C=C(C=C(F)C(F)=CCC)c1ccc(-c2ccc(C)cc2)cc1F. The van der Waals surface area contributed by atoms with Crippen LogP contribution in [0.2, 0.25) is 0 Å². The predicted octanol–water partition coefficient (Wildman–Crippen LogP) is 6.93. The van der Waals surface area contributed by atoms with E-state index in [2.05, 4.69) is 6.58 Å². The van der Waals surface area contributed by atoms with Crippen molar-refractivity contribution in [1.82, 2.24) is 0 Å². The standard InChI is InChI=1S/C21H19F3/c1-4-5-19(22)21(24)12-15(3)18-11-10-17(13-20(18)23)16-8-6-14(2)7-9-16/h5-13H,3-4H2,1-2H3. The smallest absolute Gasteiger partial charge is 0.159 e. The molecule has 0 N–H and O–H groups in total. The first-order valence-electron chi connectivity index (χ1n) is 7.71. The molecule has 0 aliphatic carbocycles. The van der Waals surface area contributed by atoms with Crippen LogP contribution in [0.5, 0.6) is 0 Å². The molecular weight excluding hydrogens is 309 g/mol. The van der Waals surface area contributed by atoms with E-state index in [0.717, 1.165) is 23.3 Å². The molecule has 0 bridgehead atoms. The van der Waals surface area contributed by atoms with E-state index in [0.29, 0.717) is 12.0 Å². The van der Waals surface area contributed by atoms with Crippen molar-refractivity contribution >= 4 is 5.57 Å².